The van der Waals surface area contributed by atoms with Crippen molar-refractivity contribution < 1.29 is 14.6 Å². The molecule has 0 fully saturated rings. The largest absolute Gasteiger partial charge is 0.507 e. The fourth-order valence-corrected chi connectivity index (χ4v) is 2.69. The minimum absolute atomic E-state index is 0.242. The summed E-state index contributed by atoms with van der Waals surface area (Å²) < 4.78 is 11.5. The third kappa shape index (κ3) is 3.66. The van der Waals surface area contributed by atoms with Crippen LogP contribution in [0.5, 0.6) is 17.2 Å². The summed E-state index contributed by atoms with van der Waals surface area (Å²) >= 11 is 2.21. The summed E-state index contributed by atoms with van der Waals surface area (Å²) in [7, 11) is 3.19. The molecular weight excluding hydrogens is 381 g/mol. The van der Waals surface area contributed by atoms with Gasteiger partial charge in [0.1, 0.15) is 22.9 Å². The molecule has 110 valence electrons. The Balaban J connectivity index is 2.38. The highest BCUT2D eigenvalue weighted by Gasteiger charge is 2.06. The molecule has 0 bridgehead atoms. The monoisotopic (exact) mass is 397 g/mol. The minimum atomic E-state index is 0.242. The summed E-state index contributed by atoms with van der Waals surface area (Å²) in [6.07, 6.45) is 1.63. The highest BCUT2D eigenvalue weighted by molar-refractivity contribution is 14.1. The summed E-state index contributed by atoms with van der Waals surface area (Å²) in [5.41, 5.74) is 2.18. The van der Waals surface area contributed by atoms with Gasteiger partial charge in [0.05, 0.1) is 14.2 Å². The number of methoxy groups -OCH3 is 2. The smallest absolute Gasteiger partial charge is 0.148 e. The Morgan fingerprint density at radius 1 is 1.14 bits per heavy atom. The molecule has 1 N–H and O–H groups in total. The topological polar surface area (TPSA) is 51.0 Å². The van der Waals surface area contributed by atoms with Crippen molar-refractivity contribution in [2.45, 2.75) is 6.92 Å². The van der Waals surface area contributed by atoms with Gasteiger partial charge in [0.25, 0.3) is 0 Å². The van der Waals surface area contributed by atoms with Crippen LogP contribution in [0.3, 0.4) is 0 Å². The van der Waals surface area contributed by atoms with Gasteiger partial charge in [-0.2, -0.15) is 0 Å². The lowest BCUT2D eigenvalue weighted by atomic mass is 10.1. The number of rotatable bonds is 4. The van der Waals surface area contributed by atoms with E-state index >= 15 is 0 Å². The number of hydrogen-bond donors (Lipinski definition) is 1. The van der Waals surface area contributed by atoms with E-state index in [2.05, 4.69) is 27.6 Å². The molecule has 0 spiro atoms. The van der Waals surface area contributed by atoms with E-state index < -0.39 is 0 Å². The van der Waals surface area contributed by atoms with Crippen molar-refractivity contribution in [1.82, 2.24) is 0 Å². The van der Waals surface area contributed by atoms with E-state index in [-0.39, 0.29) is 5.75 Å². The summed E-state index contributed by atoms with van der Waals surface area (Å²) in [6.45, 7) is 1.86. The van der Waals surface area contributed by atoms with E-state index in [1.54, 1.807) is 26.5 Å². The van der Waals surface area contributed by atoms with Gasteiger partial charge in [0.2, 0.25) is 0 Å². The third-order valence-corrected chi connectivity index (χ3v) is 3.65. The van der Waals surface area contributed by atoms with E-state index in [0.29, 0.717) is 22.7 Å². The van der Waals surface area contributed by atoms with Gasteiger partial charge < -0.3 is 14.6 Å². The average molecular weight is 397 g/mol. The molecule has 0 aromatic heterocycles. The molecular formula is C16H16INO3. The molecule has 2 aromatic carbocycles. The maximum Gasteiger partial charge on any atom is 0.148 e. The van der Waals surface area contributed by atoms with Gasteiger partial charge in [-0.3, -0.25) is 4.99 Å². The zero-order chi connectivity index (χ0) is 15.4. The van der Waals surface area contributed by atoms with Crippen molar-refractivity contribution in [3.8, 4) is 17.2 Å². The summed E-state index contributed by atoms with van der Waals surface area (Å²) in [6, 6.07) is 9.19. The molecule has 0 aliphatic carbocycles. The number of phenols is 1. The van der Waals surface area contributed by atoms with Crippen LogP contribution in [-0.4, -0.2) is 25.5 Å². The second-order valence-corrected chi connectivity index (χ2v) is 5.70. The molecule has 0 unspecified atom stereocenters. The van der Waals surface area contributed by atoms with Gasteiger partial charge in [-0.05, 0) is 59.3 Å². The van der Waals surface area contributed by atoms with Crippen LogP contribution in [-0.2, 0) is 0 Å². The summed E-state index contributed by atoms with van der Waals surface area (Å²) in [5.74, 6) is 1.57. The van der Waals surface area contributed by atoms with Crippen LogP contribution in [0.4, 0.5) is 5.69 Å². The van der Waals surface area contributed by atoms with Crippen molar-refractivity contribution in [3.63, 3.8) is 0 Å². The summed E-state index contributed by atoms with van der Waals surface area (Å²) in [5, 5.41) is 10.1. The molecule has 0 amide bonds. The van der Waals surface area contributed by atoms with Crippen LogP contribution in [0.15, 0.2) is 35.3 Å². The molecule has 5 heteroatoms. The molecule has 0 aliphatic rings. The Labute approximate surface area is 137 Å². The van der Waals surface area contributed by atoms with E-state index in [1.807, 2.05) is 31.2 Å². The quantitative estimate of drug-likeness (QED) is 0.625. The Kier molecular flexibility index (Phi) is 5.06. The predicted octanol–water partition coefficient (Wildman–Crippen LogP) is 4.07. The van der Waals surface area contributed by atoms with E-state index in [4.69, 9.17) is 9.47 Å². The van der Waals surface area contributed by atoms with E-state index in [9.17, 15) is 5.11 Å². The standard InChI is InChI=1S/C16H16INO3/c1-10-6-12(17)7-11(16(10)19)9-18-14-5-4-13(20-2)8-15(14)21-3/h4-9,19H,1-3H3. The lowest BCUT2D eigenvalue weighted by molar-refractivity contribution is 0.395. The molecule has 2 aromatic rings. The van der Waals surface area contributed by atoms with Gasteiger partial charge in [-0.1, -0.05) is 0 Å². The Morgan fingerprint density at radius 2 is 1.90 bits per heavy atom. The zero-order valence-corrected chi connectivity index (χ0v) is 14.2. The summed E-state index contributed by atoms with van der Waals surface area (Å²) in [4.78, 5) is 4.40. The maximum absolute atomic E-state index is 10.1. The minimum Gasteiger partial charge on any atom is -0.507 e. The van der Waals surface area contributed by atoms with Crippen LogP contribution >= 0.6 is 22.6 Å². The van der Waals surface area contributed by atoms with Crippen molar-refractivity contribution >= 4 is 34.5 Å². The number of ether oxygens (including phenoxy) is 2. The molecule has 4 nitrogen and oxygen atoms in total. The highest BCUT2D eigenvalue weighted by Crippen LogP contribution is 2.32. The van der Waals surface area contributed by atoms with Crippen molar-refractivity contribution in [2.24, 2.45) is 4.99 Å². The Morgan fingerprint density at radius 3 is 2.57 bits per heavy atom. The molecule has 0 atom stereocenters. The van der Waals surface area contributed by atoms with Crippen LogP contribution in [0.1, 0.15) is 11.1 Å². The first kappa shape index (κ1) is 15.6. The van der Waals surface area contributed by atoms with Crippen LogP contribution in [0.25, 0.3) is 0 Å². The fourth-order valence-electron chi connectivity index (χ4n) is 1.89. The number of halogens is 1. The lowest BCUT2D eigenvalue weighted by Gasteiger charge is -2.07. The Bertz CT molecular complexity index is 683. The fraction of sp³-hybridized carbons (Fsp3) is 0.188. The number of aryl methyl sites for hydroxylation is 1. The van der Waals surface area contributed by atoms with Crippen molar-refractivity contribution in [3.05, 3.63) is 45.0 Å². The average Bonchev–Trinajstić information content (AvgIpc) is 2.49. The van der Waals surface area contributed by atoms with E-state index in [0.717, 1.165) is 9.13 Å². The second kappa shape index (κ2) is 6.80. The number of hydrogen-bond acceptors (Lipinski definition) is 4. The van der Waals surface area contributed by atoms with Gasteiger partial charge in [-0.25, -0.2) is 0 Å². The molecule has 0 heterocycles. The first-order valence-corrected chi connectivity index (χ1v) is 7.38. The van der Waals surface area contributed by atoms with Gasteiger partial charge in [-0.15, -0.1) is 0 Å². The number of nitrogens with zero attached hydrogens (tertiary/aromatic N) is 1. The molecule has 0 radical (unpaired) electrons. The van der Waals surface area contributed by atoms with Crippen LogP contribution in [0.2, 0.25) is 0 Å². The van der Waals surface area contributed by atoms with E-state index in [1.165, 1.54) is 0 Å². The first-order chi connectivity index (χ1) is 10.0. The zero-order valence-electron chi connectivity index (χ0n) is 12.1. The first-order valence-electron chi connectivity index (χ1n) is 6.30. The number of benzene rings is 2. The Hall–Kier alpha value is -1.76. The maximum atomic E-state index is 10.1. The molecule has 0 saturated heterocycles. The SMILES string of the molecule is COc1ccc(N=Cc2cc(I)cc(C)c2O)c(OC)c1. The molecule has 0 saturated carbocycles. The molecule has 0 aliphatic heterocycles. The predicted molar refractivity (Wildman–Crippen MR) is 92.4 cm³/mol. The highest BCUT2D eigenvalue weighted by atomic mass is 127. The number of aliphatic imine (C=N–C) groups is 1. The van der Waals surface area contributed by atoms with Crippen molar-refractivity contribution in [2.75, 3.05) is 14.2 Å². The van der Waals surface area contributed by atoms with Gasteiger partial charge >= 0.3 is 0 Å². The number of aromatic hydroxyl groups is 1. The molecule has 2 rings (SSSR count). The normalized spacial score (nSPS) is 10.9. The van der Waals surface area contributed by atoms with Gasteiger partial charge in [0, 0.05) is 21.4 Å². The van der Waals surface area contributed by atoms with Crippen LogP contribution in [0, 0.1) is 10.5 Å². The lowest BCUT2D eigenvalue weighted by Crippen LogP contribution is -1.89. The van der Waals surface area contributed by atoms with Crippen molar-refractivity contribution in [1.29, 1.82) is 0 Å². The number of phenolic OH excluding ortho intramolecular Hbond substituents is 1. The van der Waals surface area contributed by atoms with Crippen LogP contribution < -0.4 is 9.47 Å². The second-order valence-electron chi connectivity index (χ2n) is 4.46. The molecule has 21 heavy (non-hydrogen) atoms. The van der Waals surface area contributed by atoms with Gasteiger partial charge in [0.15, 0.2) is 0 Å². The third-order valence-electron chi connectivity index (χ3n) is 3.02.